The number of nitrogens with one attached hydrogen (secondary N) is 3. The van der Waals surface area contributed by atoms with Crippen molar-refractivity contribution >= 4 is 17.7 Å². The molecule has 0 aliphatic carbocycles. The molecule has 0 bridgehead atoms. The van der Waals surface area contributed by atoms with E-state index in [9.17, 15) is 50.1 Å². The number of aliphatic hydroxyl groups excluding tert-OH is 7. The maximum atomic E-state index is 12.5. The minimum Gasteiger partial charge on any atom is -0.394 e. The van der Waals surface area contributed by atoms with Gasteiger partial charge in [0.05, 0.1) is 92.9 Å². The summed E-state index contributed by atoms with van der Waals surface area (Å²) >= 11 is 0. The van der Waals surface area contributed by atoms with Gasteiger partial charge in [-0.3, -0.25) is 14.4 Å². The highest BCUT2D eigenvalue weighted by atomic mass is 16.6. The van der Waals surface area contributed by atoms with Gasteiger partial charge in [0.15, 0.2) is 0 Å². The fourth-order valence-electron chi connectivity index (χ4n) is 8.37. The van der Waals surface area contributed by atoms with Crippen molar-refractivity contribution in [3.63, 3.8) is 0 Å². The van der Waals surface area contributed by atoms with E-state index in [-0.39, 0.29) is 38.6 Å². The van der Waals surface area contributed by atoms with E-state index in [1.165, 1.54) is 20.8 Å². The maximum absolute atomic E-state index is 12.5. The van der Waals surface area contributed by atoms with Crippen LogP contribution in [0, 0.1) is 11.8 Å². The fraction of sp³-hybridized carbons (Fsp3) is 0.919. The van der Waals surface area contributed by atoms with Crippen molar-refractivity contribution < 1.29 is 73.8 Å². The van der Waals surface area contributed by atoms with Gasteiger partial charge in [0.25, 0.3) is 0 Å². The molecule has 3 amide bonds. The lowest BCUT2D eigenvalue weighted by atomic mass is 9.76. The highest BCUT2D eigenvalue weighted by Crippen LogP contribution is 2.39. The van der Waals surface area contributed by atoms with Crippen LogP contribution in [0.1, 0.15) is 81.1 Å². The van der Waals surface area contributed by atoms with Crippen molar-refractivity contribution in [1.29, 1.82) is 0 Å². The van der Waals surface area contributed by atoms with E-state index < -0.39 is 127 Å². The van der Waals surface area contributed by atoms with Crippen LogP contribution < -0.4 is 16.0 Å². The molecule has 320 valence electrons. The zero-order valence-electron chi connectivity index (χ0n) is 33.4. The van der Waals surface area contributed by atoms with Gasteiger partial charge in [0.1, 0.15) is 30.5 Å². The van der Waals surface area contributed by atoms with Crippen molar-refractivity contribution in [2.24, 2.45) is 11.8 Å². The highest BCUT2D eigenvalue weighted by Gasteiger charge is 2.51. The summed E-state index contributed by atoms with van der Waals surface area (Å²) in [6.07, 6.45) is -9.19. The molecule has 3 aliphatic rings. The van der Waals surface area contributed by atoms with Gasteiger partial charge < -0.3 is 75.4 Å². The van der Waals surface area contributed by atoms with Crippen LogP contribution in [0.3, 0.4) is 0 Å². The maximum Gasteiger partial charge on any atom is 0.217 e. The number of carbonyl (C=O) groups is 3. The first-order valence-electron chi connectivity index (χ1n) is 19.4. The van der Waals surface area contributed by atoms with E-state index >= 15 is 0 Å². The molecule has 10 N–H and O–H groups in total. The molecule has 18 nitrogen and oxygen atoms in total. The molecule has 18 heteroatoms. The summed E-state index contributed by atoms with van der Waals surface area (Å²) in [7, 11) is 0. The second-order valence-corrected chi connectivity index (χ2v) is 16.0. The first-order chi connectivity index (χ1) is 25.8. The normalized spacial score (nSPS) is 37.3. The first kappa shape index (κ1) is 47.3. The summed E-state index contributed by atoms with van der Waals surface area (Å²) in [5, 5.41) is 83.0. The largest absolute Gasteiger partial charge is 0.394 e. The summed E-state index contributed by atoms with van der Waals surface area (Å²) in [6.45, 7) is 11.2. The van der Waals surface area contributed by atoms with Crippen molar-refractivity contribution in [3.05, 3.63) is 0 Å². The molecule has 3 saturated heterocycles. The Labute approximate surface area is 323 Å². The average Bonchev–Trinajstić information content (AvgIpc) is 3.12. The lowest BCUT2D eigenvalue weighted by Gasteiger charge is -2.49. The third kappa shape index (κ3) is 12.0. The van der Waals surface area contributed by atoms with Crippen LogP contribution in [-0.2, 0) is 38.1 Å². The number of ether oxygens (including phenoxy) is 5. The fourth-order valence-corrected chi connectivity index (χ4v) is 8.37. The molecule has 0 aromatic heterocycles. The predicted octanol–water partition coefficient (Wildman–Crippen LogP) is -2.37. The molecule has 3 aliphatic heterocycles. The third-order valence-electron chi connectivity index (χ3n) is 11.5. The monoisotopic (exact) mass is 793 g/mol. The quantitative estimate of drug-likeness (QED) is 0.0695. The first-order valence-corrected chi connectivity index (χ1v) is 19.4. The Bertz CT molecular complexity index is 1240. The molecule has 3 rings (SSSR count). The van der Waals surface area contributed by atoms with E-state index in [1.807, 2.05) is 13.8 Å². The van der Waals surface area contributed by atoms with Crippen LogP contribution in [0.25, 0.3) is 0 Å². The molecule has 0 saturated carbocycles. The molecule has 15 atom stereocenters. The summed E-state index contributed by atoms with van der Waals surface area (Å²) in [6, 6.07) is -2.73. The van der Waals surface area contributed by atoms with Crippen LogP contribution >= 0.6 is 0 Å². The number of aliphatic hydroxyl groups is 7. The van der Waals surface area contributed by atoms with E-state index in [4.69, 9.17) is 23.7 Å². The van der Waals surface area contributed by atoms with Gasteiger partial charge in [-0.25, -0.2) is 0 Å². The van der Waals surface area contributed by atoms with Gasteiger partial charge in [-0.1, -0.05) is 13.8 Å². The summed E-state index contributed by atoms with van der Waals surface area (Å²) in [4.78, 5) is 36.3. The molecular weight excluding hydrogens is 726 g/mol. The number of amides is 3. The van der Waals surface area contributed by atoms with Crippen LogP contribution in [0.2, 0.25) is 0 Å². The molecular formula is C37H67N3O15. The Morgan fingerprint density at radius 1 is 0.582 bits per heavy atom. The van der Waals surface area contributed by atoms with Crippen LogP contribution in [0.5, 0.6) is 0 Å². The van der Waals surface area contributed by atoms with Crippen LogP contribution in [0.4, 0.5) is 0 Å². The van der Waals surface area contributed by atoms with E-state index in [1.54, 1.807) is 20.8 Å². The minimum atomic E-state index is -1.45. The van der Waals surface area contributed by atoms with Gasteiger partial charge in [0.2, 0.25) is 17.7 Å². The Morgan fingerprint density at radius 3 is 1.49 bits per heavy atom. The summed E-state index contributed by atoms with van der Waals surface area (Å²) in [5.74, 6) is -2.62. The number of hydrogen-bond donors (Lipinski definition) is 10. The van der Waals surface area contributed by atoms with E-state index in [0.717, 1.165) is 0 Å². The number of hydrogen-bond acceptors (Lipinski definition) is 15. The van der Waals surface area contributed by atoms with Gasteiger partial charge in [-0.05, 0) is 46.5 Å². The molecule has 0 aromatic carbocycles. The molecule has 0 aromatic rings. The molecule has 0 radical (unpaired) electrons. The van der Waals surface area contributed by atoms with Crippen molar-refractivity contribution in [3.8, 4) is 0 Å². The van der Waals surface area contributed by atoms with E-state index in [0.29, 0.717) is 12.8 Å². The Hall–Kier alpha value is -2.07. The zero-order valence-corrected chi connectivity index (χ0v) is 33.4. The Morgan fingerprint density at radius 2 is 1.00 bits per heavy atom. The highest BCUT2D eigenvalue weighted by molar-refractivity contribution is 5.74. The van der Waals surface area contributed by atoms with Gasteiger partial charge >= 0.3 is 0 Å². The van der Waals surface area contributed by atoms with Crippen molar-refractivity contribution in [2.75, 3.05) is 33.0 Å². The lowest BCUT2D eigenvalue weighted by Crippen LogP contribution is -2.65. The second-order valence-electron chi connectivity index (χ2n) is 16.0. The lowest BCUT2D eigenvalue weighted by molar-refractivity contribution is -0.228. The second kappa shape index (κ2) is 20.6. The smallest absolute Gasteiger partial charge is 0.217 e. The number of carbonyl (C=O) groups excluding carboxylic acids is 3. The Balaban J connectivity index is 1.79. The Kier molecular flexibility index (Phi) is 17.7. The zero-order chi connectivity index (χ0) is 41.4. The molecule has 3 heterocycles. The number of rotatable bonds is 18. The van der Waals surface area contributed by atoms with Crippen LogP contribution in [-0.4, -0.2) is 177 Å². The van der Waals surface area contributed by atoms with Crippen molar-refractivity contribution in [1.82, 2.24) is 16.0 Å². The van der Waals surface area contributed by atoms with Gasteiger partial charge in [-0.2, -0.15) is 0 Å². The average molecular weight is 794 g/mol. The minimum absolute atomic E-state index is 0.135. The standard InChI is InChI=1S/C37H67N3O15/c1-9-37(10-2,52-17-28-31(40-21(6)46)35(50)34(49)26(15-43)55-28)12-23-25(14-42)54-27(30(33(23)48)39-20(5)45)16-51-36(7,8)11-22-24(13-41)53-18(3)29(32(22)47)38-19(4)44/h18,22-35,41-43,47-50H,9-17H2,1-8H3,(H,38,44)(H,39,45)(H,40,46)/t18-,22+,23+,24?,25?,26?,27-,28-,29?,30?,31?,32?,33?,34+,35?/m0/s1. The molecule has 0 spiro atoms. The SMILES string of the molecule is CCC(CC)(C[C@@H]1C(CO)O[C@@H](COC(C)(C)C[C@@H]2C(CO)O[C@@H](C)C(NC(C)=O)C2O)C(NC(C)=O)C1O)OC[C@@H]1OC(CO)[C@@H](O)C(O)C1NC(C)=O. The van der Waals surface area contributed by atoms with Crippen LogP contribution in [0.15, 0.2) is 0 Å². The molecule has 9 unspecified atom stereocenters. The van der Waals surface area contributed by atoms with Gasteiger partial charge in [-0.15, -0.1) is 0 Å². The summed E-state index contributed by atoms with van der Waals surface area (Å²) < 4.78 is 31.0. The van der Waals surface area contributed by atoms with Crippen molar-refractivity contribution in [2.45, 2.75) is 171 Å². The topological polar surface area (TPSA) is 275 Å². The third-order valence-corrected chi connectivity index (χ3v) is 11.5. The molecule has 3 fully saturated rings. The summed E-state index contributed by atoms with van der Waals surface area (Å²) in [5.41, 5.74) is -1.92. The van der Waals surface area contributed by atoms with E-state index in [2.05, 4.69) is 16.0 Å². The van der Waals surface area contributed by atoms with Gasteiger partial charge in [0, 0.05) is 32.6 Å². The predicted molar refractivity (Wildman–Crippen MR) is 195 cm³/mol. The molecule has 55 heavy (non-hydrogen) atoms.